The molecule has 0 saturated heterocycles. The van der Waals surface area contributed by atoms with Gasteiger partial charge in [-0.3, -0.25) is 0 Å². The summed E-state index contributed by atoms with van der Waals surface area (Å²) in [4.78, 5) is 4.40. The Bertz CT molecular complexity index is 594. The highest BCUT2D eigenvalue weighted by Crippen LogP contribution is 2.25. The maximum absolute atomic E-state index is 5.55. The van der Waals surface area contributed by atoms with Gasteiger partial charge < -0.3 is 14.8 Å². The molecular formula is C17H20N2O2. The SMILES string of the molecule is C=Cc1cc(-c2ccc(OCCOC)cc2)cnc1NC. The van der Waals surface area contributed by atoms with Crippen LogP contribution < -0.4 is 10.1 Å². The second-order valence-electron chi connectivity index (χ2n) is 4.48. The van der Waals surface area contributed by atoms with Gasteiger partial charge in [0.25, 0.3) is 0 Å². The van der Waals surface area contributed by atoms with Gasteiger partial charge in [0.2, 0.25) is 0 Å². The number of aromatic nitrogens is 1. The highest BCUT2D eigenvalue weighted by Gasteiger charge is 2.04. The van der Waals surface area contributed by atoms with Crippen LogP contribution in [0.4, 0.5) is 5.82 Å². The quantitative estimate of drug-likeness (QED) is 0.791. The minimum atomic E-state index is 0.550. The summed E-state index contributed by atoms with van der Waals surface area (Å²) in [5.74, 6) is 1.66. The number of hydrogen-bond acceptors (Lipinski definition) is 4. The van der Waals surface area contributed by atoms with Crippen LogP contribution in [0.2, 0.25) is 0 Å². The molecule has 0 amide bonds. The van der Waals surface area contributed by atoms with Gasteiger partial charge in [0.05, 0.1) is 6.61 Å². The Morgan fingerprint density at radius 3 is 2.57 bits per heavy atom. The third kappa shape index (κ3) is 3.83. The van der Waals surface area contributed by atoms with E-state index in [-0.39, 0.29) is 0 Å². The van der Waals surface area contributed by atoms with Crippen molar-refractivity contribution >= 4 is 11.9 Å². The van der Waals surface area contributed by atoms with E-state index in [4.69, 9.17) is 9.47 Å². The van der Waals surface area contributed by atoms with Crippen molar-refractivity contribution in [2.45, 2.75) is 0 Å². The molecule has 1 aromatic carbocycles. The molecular weight excluding hydrogens is 264 g/mol. The molecule has 1 aromatic heterocycles. The molecule has 1 N–H and O–H groups in total. The fourth-order valence-electron chi connectivity index (χ4n) is 1.99. The Kier molecular flexibility index (Phi) is 5.35. The number of benzene rings is 1. The van der Waals surface area contributed by atoms with Crippen LogP contribution in [0.3, 0.4) is 0 Å². The van der Waals surface area contributed by atoms with Crippen molar-refractivity contribution in [2.24, 2.45) is 0 Å². The highest BCUT2D eigenvalue weighted by molar-refractivity contribution is 5.71. The van der Waals surface area contributed by atoms with Crippen LogP contribution in [0.25, 0.3) is 17.2 Å². The van der Waals surface area contributed by atoms with Crippen LogP contribution in [-0.4, -0.2) is 32.4 Å². The van der Waals surface area contributed by atoms with Gasteiger partial charge in [-0.15, -0.1) is 0 Å². The number of nitrogens with one attached hydrogen (secondary N) is 1. The molecule has 0 bridgehead atoms. The predicted molar refractivity (Wildman–Crippen MR) is 86.7 cm³/mol. The molecule has 1 heterocycles. The molecule has 110 valence electrons. The summed E-state index contributed by atoms with van der Waals surface area (Å²) in [6, 6.07) is 10.00. The zero-order chi connectivity index (χ0) is 15.1. The average molecular weight is 284 g/mol. The Hall–Kier alpha value is -2.33. The predicted octanol–water partition coefficient (Wildman–Crippen LogP) is 3.46. The van der Waals surface area contributed by atoms with Crippen LogP contribution in [0.5, 0.6) is 5.75 Å². The minimum Gasteiger partial charge on any atom is -0.491 e. The number of rotatable bonds is 7. The fraction of sp³-hybridized carbons (Fsp3) is 0.235. The first-order valence-electron chi connectivity index (χ1n) is 6.81. The summed E-state index contributed by atoms with van der Waals surface area (Å²) < 4.78 is 10.5. The van der Waals surface area contributed by atoms with Crippen molar-refractivity contribution in [2.75, 3.05) is 32.7 Å². The summed E-state index contributed by atoms with van der Waals surface area (Å²) in [7, 11) is 3.51. The van der Waals surface area contributed by atoms with E-state index in [0.29, 0.717) is 13.2 Å². The molecule has 21 heavy (non-hydrogen) atoms. The van der Waals surface area contributed by atoms with Crippen molar-refractivity contribution in [3.05, 3.63) is 48.7 Å². The van der Waals surface area contributed by atoms with E-state index in [1.807, 2.05) is 37.5 Å². The van der Waals surface area contributed by atoms with Gasteiger partial charge in [0.15, 0.2) is 0 Å². The van der Waals surface area contributed by atoms with Crippen LogP contribution >= 0.6 is 0 Å². The van der Waals surface area contributed by atoms with Gasteiger partial charge in [-0.1, -0.05) is 24.8 Å². The first-order chi connectivity index (χ1) is 10.3. The van der Waals surface area contributed by atoms with Crippen LogP contribution in [0.1, 0.15) is 5.56 Å². The van der Waals surface area contributed by atoms with E-state index in [1.54, 1.807) is 13.2 Å². The second-order valence-corrected chi connectivity index (χ2v) is 4.48. The topological polar surface area (TPSA) is 43.4 Å². The van der Waals surface area contributed by atoms with Gasteiger partial charge in [0, 0.05) is 31.5 Å². The third-order valence-corrected chi connectivity index (χ3v) is 3.12. The average Bonchev–Trinajstić information content (AvgIpc) is 2.55. The van der Waals surface area contributed by atoms with E-state index in [1.165, 1.54) is 0 Å². The highest BCUT2D eigenvalue weighted by atomic mass is 16.5. The number of pyridine rings is 1. The van der Waals surface area contributed by atoms with Gasteiger partial charge in [-0.05, 0) is 23.8 Å². The molecule has 2 rings (SSSR count). The molecule has 0 aliphatic heterocycles. The molecule has 0 aliphatic rings. The Labute approximate surface area is 125 Å². The van der Waals surface area contributed by atoms with E-state index < -0.39 is 0 Å². The maximum atomic E-state index is 5.55. The molecule has 0 fully saturated rings. The van der Waals surface area contributed by atoms with Gasteiger partial charge in [0.1, 0.15) is 18.2 Å². The van der Waals surface area contributed by atoms with E-state index >= 15 is 0 Å². The second kappa shape index (κ2) is 7.45. The molecule has 0 unspecified atom stereocenters. The van der Waals surface area contributed by atoms with Crippen molar-refractivity contribution in [3.63, 3.8) is 0 Å². The lowest BCUT2D eigenvalue weighted by atomic mass is 10.1. The summed E-state index contributed by atoms with van der Waals surface area (Å²) in [5, 5.41) is 3.05. The zero-order valence-corrected chi connectivity index (χ0v) is 12.4. The molecule has 0 radical (unpaired) electrons. The van der Waals surface area contributed by atoms with Gasteiger partial charge in [-0.2, -0.15) is 0 Å². The van der Waals surface area contributed by atoms with Crippen LogP contribution in [-0.2, 0) is 4.74 Å². The monoisotopic (exact) mass is 284 g/mol. The summed E-state index contributed by atoms with van der Waals surface area (Å²) in [6.45, 7) is 4.95. The smallest absolute Gasteiger partial charge is 0.132 e. The largest absolute Gasteiger partial charge is 0.491 e. The summed E-state index contributed by atoms with van der Waals surface area (Å²) in [6.07, 6.45) is 3.64. The summed E-state index contributed by atoms with van der Waals surface area (Å²) in [5.41, 5.74) is 3.12. The molecule has 4 nitrogen and oxygen atoms in total. The molecule has 4 heteroatoms. The van der Waals surface area contributed by atoms with E-state index in [9.17, 15) is 0 Å². The molecule has 0 spiro atoms. The lowest BCUT2D eigenvalue weighted by Gasteiger charge is -2.09. The first kappa shape index (κ1) is 15.1. The summed E-state index contributed by atoms with van der Waals surface area (Å²) >= 11 is 0. The van der Waals surface area contributed by atoms with Crippen LogP contribution in [0, 0.1) is 0 Å². The molecule has 0 saturated carbocycles. The molecule has 0 aliphatic carbocycles. The van der Waals surface area contributed by atoms with E-state index in [0.717, 1.165) is 28.3 Å². The number of anilines is 1. The van der Waals surface area contributed by atoms with Crippen molar-refractivity contribution in [1.82, 2.24) is 4.98 Å². The van der Waals surface area contributed by atoms with Crippen molar-refractivity contribution in [3.8, 4) is 16.9 Å². The van der Waals surface area contributed by atoms with Crippen molar-refractivity contribution in [1.29, 1.82) is 0 Å². The lowest BCUT2D eigenvalue weighted by Crippen LogP contribution is -2.03. The zero-order valence-electron chi connectivity index (χ0n) is 12.4. The number of ether oxygens (including phenoxy) is 2. The molecule has 2 aromatic rings. The number of methoxy groups -OCH3 is 1. The Morgan fingerprint density at radius 2 is 1.95 bits per heavy atom. The standard InChI is InChI=1S/C17H20N2O2/c1-4-13-11-15(12-19-17(13)18-2)14-5-7-16(8-6-14)21-10-9-20-3/h4-8,11-12H,1,9-10H2,2-3H3,(H,18,19). The lowest BCUT2D eigenvalue weighted by molar-refractivity contribution is 0.146. The normalized spacial score (nSPS) is 10.2. The van der Waals surface area contributed by atoms with Crippen LogP contribution in [0.15, 0.2) is 43.1 Å². The first-order valence-corrected chi connectivity index (χ1v) is 6.81. The third-order valence-electron chi connectivity index (χ3n) is 3.12. The van der Waals surface area contributed by atoms with Gasteiger partial charge in [-0.25, -0.2) is 4.98 Å². The fourth-order valence-corrected chi connectivity index (χ4v) is 1.99. The Morgan fingerprint density at radius 1 is 1.19 bits per heavy atom. The van der Waals surface area contributed by atoms with E-state index in [2.05, 4.69) is 22.9 Å². The van der Waals surface area contributed by atoms with Crippen molar-refractivity contribution < 1.29 is 9.47 Å². The minimum absolute atomic E-state index is 0.550. The van der Waals surface area contributed by atoms with Gasteiger partial charge >= 0.3 is 0 Å². The maximum Gasteiger partial charge on any atom is 0.132 e. The number of nitrogens with zero attached hydrogens (tertiary/aromatic N) is 1. The Balaban J connectivity index is 2.16. The molecule has 0 atom stereocenters. The number of hydrogen-bond donors (Lipinski definition) is 1.